The third-order valence-corrected chi connectivity index (χ3v) is 4.97. The van der Waals surface area contributed by atoms with E-state index in [0.29, 0.717) is 0 Å². The summed E-state index contributed by atoms with van der Waals surface area (Å²) in [6, 6.07) is 26.7. The molecule has 4 rings (SSSR count). The Labute approximate surface area is 164 Å². The van der Waals surface area contributed by atoms with Gasteiger partial charge in [0.2, 0.25) is 0 Å². The Hall–Kier alpha value is -3.37. The molecule has 0 spiro atoms. The monoisotopic (exact) mass is 370 g/mol. The van der Waals surface area contributed by atoms with Crippen molar-refractivity contribution in [1.29, 1.82) is 0 Å². The first-order valence-electron chi connectivity index (χ1n) is 9.31. The number of esters is 1. The lowest BCUT2D eigenvalue weighted by Gasteiger charge is -2.23. The second kappa shape index (κ2) is 8.11. The molecule has 0 aliphatic heterocycles. The zero-order valence-electron chi connectivity index (χ0n) is 15.4. The van der Waals surface area contributed by atoms with Gasteiger partial charge in [0, 0.05) is 23.0 Å². The van der Waals surface area contributed by atoms with E-state index in [4.69, 9.17) is 10.5 Å². The molecule has 0 aliphatic carbocycles. The van der Waals surface area contributed by atoms with Gasteiger partial charge in [0.25, 0.3) is 0 Å². The van der Waals surface area contributed by atoms with Gasteiger partial charge in [-0.15, -0.1) is 0 Å². The van der Waals surface area contributed by atoms with Crippen LogP contribution in [0.25, 0.3) is 10.9 Å². The molecule has 0 radical (unpaired) electrons. The molecule has 0 saturated carbocycles. The van der Waals surface area contributed by atoms with E-state index >= 15 is 0 Å². The molecule has 0 amide bonds. The van der Waals surface area contributed by atoms with Crippen molar-refractivity contribution >= 4 is 16.9 Å². The van der Waals surface area contributed by atoms with Gasteiger partial charge in [0.05, 0.1) is 0 Å². The number of fused-ring (bicyclic) bond motifs is 1. The number of benzene rings is 3. The van der Waals surface area contributed by atoms with Crippen molar-refractivity contribution in [3.8, 4) is 0 Å². The largest absolute Gasteiger partial charge is 0.460 e. The van der Waals surface area contributed by atoms with E-state index in [-0.39, 0.29) is 12.5 Å². The average Bonchev–Trinajstić information content (AvgIpc) is 3.17. The van der Waals surface area contributed by atoms with Gasteiger partial charge in [-0.25, -0.2) is 0 Å². The predicted molar refractivity (Wildman–Crippen MR) is 111 cm³/mol. The van der Waals surface area contributed by atoms with Crippen LogP contribution in [0.1, 0.15) is 22.6 Å². The number of nitrogens with two attached hydrogens (primary N) is 1. The van der Waals surface area contributed by atoms with Crippen molar-refractivity contribution in [2.45, 2.75) is 18.6 Å². The van der Waals surface area contributed by atoms with E-state index in [1.54, 1.807) is 0 Å². The topological polar surface area (TPSA) is 68.1 Å². The summed E-state index contributed by atoms with van der Waals surface area (Å²) in [6.45, 7) is 0.211. The van der Waals surface area contributed by atoms with Crippen molar-refractivity contribution in [3.63, 3.8) is 0 Å². The molecular weight excluding hydrogens is 348 g/mol. The Morgan fingerprint density at radius 3 is 2.29 bits per heavy atom. The van der Waals surface area contributed by atoms with Gasteiger partial charge in [0.1, 0.15) is 12.6 Å². The number of carbonyl (C=O) groups excluding carboxylic acids is 1. The van der Waals surface area contributed by atoms with Crippen LogP contribution in [0.4, 0.5) is 0 Å². The third-order valence-electron chi connectivity index (χ3n) is 4.97. The smallest absolute Gasteiger partial charge is 0.324 e. The third kappa shape index (κ3) is 3.68. The van der Waals surface area contributed by atoms with E-state index in [1.807, 2.05) is 91.1 Å². The molecule has 2 atom stereocenters. The number of aromatic amines is 1. The van der Waals surface area contributed by atoms with Gasteiger partial charge in [-0.05, 0) is 22.8 Å². The van der Waals surface area contributed by atoms with Crippen LogP contribution in [0.3, 0.4) is 0 Å². The highest BCUT2D eigenvalue weighted by molar-refractivity contribution is 5.86. The molecule has 4 nitrogen and oxygen atoms in total. The Kier molecular flexibility index (Phi) is 5.22. The normalized spacial score (nSPS) is 13.2. The van der Waals surface area contributed by atoms with Crippen LogP contribution in [-0.4, -0.2) is 17.0 Å². The van der Waals surface area contributed by atoms with Crippen molar-refractivity contribution in [3.05, 3.63) is 108 Å². The number of para-hydroxylation sites is 1. The Morgan fingerprint density at radius 2 is 1.54 bits per heavy atom. The highest BCUT2D eigenvalue weighted by atomic mass is 16.5. The predicted octanol–water partition coefficient (Wildman–Crippen LogP) is 4.37. The molecule has 1 heterocycles. The van der Waals surface area contributed by atoms with Crippen LogP contribution >= 0.6 is 0 Å². The number of carbonyl (C=O) groups is 1. The summed E-state index contributed by atoms with van der Waals surface area (Å²) in [6.07, 6.45) is 1.94. The number of hydrogen-bond acceptors (Lipinski definition) is 3. The number of ether oxygens (including phenoxy) is 1. The van der Waals surface area contributed by atoms with Crippen molar-refractivity contribution in [2.24, 2.45) is 5.73 Å². The molecule has 3 aromatic carbocycles. The molecular formula is C24H22N2O2. The number of nitrogens with one attached hydrogen (secondary N) is 1. The fourth-order valence-corrected chi connectivity index (χ4v) is 3.55. The zero-order chi connectivity index (χ0) is 19.3. The minimum absolute atomic E-state index is 0.211. The Morgan fingerprint density at radius 1 is 0.893 bits per heavy atom. The first-order chi connectivity index (χ1) is 13.7. The molecule has 0 bridgehead atoms. The number of H-pyrrole nitrogens is 1. The summed E-state index contributed by atoms with van der Waals surface area (Å²) in [5.74, 6) is -0.719. The summed E-state index contributed by atoms with van der Waals surface area (Å²) >= 11 is 0. The van der Waals surface area contributed by atoms with Crippen LogP contribution in [0.15, 0.2) is 91.1 Å². The minimum atomic E-state index is -0.815. The fourth-order valence-electron chi connectivity index (χ4n) is 3.55. The maximum absolute atomic E-state index is 12.8. The van der Waals surface area contributed by atoms with E-state index < -0.39 is 12.0 Å². The van der Waals surface area contributed by atoms with E-state index in [1.165, 1.54) is 0 Å². The molecule has 1 aromatic heterocycles. The molecule has 3 N–H and O–H groups in total. The second-order valence-corrected chi connectivity index (χ2v) is 6.80. The molecule has 4 heteroatoms. The highest BCUT2D eigenvalue weighted by Crippen LogP contribution is 2.33. The number of aromatic nitrogens is 1. The van der Waals surface area contributed by atoms with Crippen LogP contribution in [-0.2, 0) is 16.1 Å². The maximum atomic E-state index is 12.8. The van der Waals surface area contributed by atoms with Crippen LogP contribution < -0.4 is 5.73 Å². The summed E-state index contributed by atoms with van der Waals surface area (Å²) in [5, 5.41) is 1.06. The summed E-state index contributed by atoms with van der Waals surface area (Å²) in [4.78, 5) is 16.1. The molecule has 0 unspecified atom stereocenters. The quantitative estimate of drug-likeness (QED) is 0.495. The molecule has 0 aliphatic rings. The highest BCUT2D eigenvalue weighted by Gasteiger charge is 2.30. The van der Waals surface area contributed by atoms with Gasteiger partial charge in [-0.2, -0.15) is 0 Å². The summed E-state index contributed by atoms with van der Waals surface area (Å²) < 4.78 is 5.53. The van der Waals surface area contributed by atoms with Crippen molar-refractivity contribution in [1.82, 2.24) is 4.98 Å². The fraction of sp³-hybridized carbons (Fsp3) is 0.125. The lowest BCUT2D eigenvalue weighted by atomic mass is 9.85. The van der Waals surface area contributed by atoms with E-state index in [2.05, 4.69) is 4.98 Å². The number of rotatable bonds is 6. The average molecular weight is 370 g/mol. The molecule has 4 aromatic rings. The zero-order valence-corrected chi connectivity index (χ0v) is 15.4. The first-order valence-corrected chi connectivity index (χ1v) is 9.31. The van der Waals surface area contributed by atoms with Crippen LogP contribution in [0.5, 0.6) is 0 Å². The SMILES string of the molecule is N[C@H](C(=O)OCc1ccccc1)[C@H](c1ccccc1)c1c[nH]c2ccccc12. The van der Waals surface area contributed by atoms with Crippen LogP contribution in [0, 0.1) is 0 Å². The number of hydrogen-bond donors (Lipinski definition) is 2. The standard InChI is InChI=1S/C24H22N2O2/c25-23(24(27)28-16-17-9-3-1-4-10-17)22(18-11-5-2-6-12-18)20-15-26-21-14-8-7-13-19(20)21/h1-15,22-23,26H,16,25H2/t22-,23+/m1/s1. The van der Waals surface area contributed by atoms with E-state index in [9.17, 15) is 4.79 Å². The maximum Gasteiger partial charge on any atom is 0.324 e. The Bertz CT molecular complexity index is 1060. The molecule has 140 valence electrons. The second-order valence-electron chi connectivity index (χ2n) is 6.80. The molecule has 0 saturated heterocycles. The Balaban J connectivity index is 1.64. The summed E-state index contributed by atoms with van der Waals surface area (Å²) in [7, 11) is 0. The van der Waals surface area contributed by atoms with Crippen molar-refractivity contribution in [2.75, 3.05) is 0 Å². The summed E-state index contributed by atoms with van der Waals surface area (Å²) in [5.41, 5.74) is 10.4. The van der Waals surface area contributed by atoms with E-state index in [0.717, 1.165) is 27.6 Å². The van der Waals surface area contributed by atoms with Gasteiger partial charge >= 0.3 is 5.97 Å². The lowest BCUT2D eigenvalue weighted by molar-refractivity contribution is -0.146. The van der Waals surface area contributed by atoms with Gasteiger partial charge in [-0.1, -0.05) is 78.9 Å². The minimum Gasteiger partial charge on any atom is -0.460 e. The lowest BCUT2D eigenvalue weighted by Crippen LogP contribution is -2.38. The van der Waals surface area contributed by atoms with Crippen LogP contribution in [0.2, 0.25) is 0 Å². The van der Waals surface area contributed by atoms with Gasteiger partial charge in [0.15, 0.2) is 0 Å². The van der Waals surface area contributed by atoms with Gasteiger partial charge in [-0.3, -0.25) is 4.79 Å². The molecule has 0 fully saturated rings. The first kappa shape index (κ1) is 18.0. The molecule has 28 heavy (non-hydrogen) atoms. The van der Waals surface area contributed by atoms with Crippen molar-refractivity contribution < 1.29 is 9.53 Å². The van der Waals surface area contributed by atoms with Gasteiger partial charge < -0.3 is 15.5 Å².